The van der Waals surface area contributed by atoms with Crippen LogP contribution in [0.3, 0.4) is 0 Å². The molecule has 1 aromatic carbocycles. The van der Waals surface area contributed by atoms with Gasteiger partial charge in [0.05, 0.1) is 18.0 Å². The zero-order valence-electron chi connectivity index (χ0n) is 7.42. The Labute approximate surface area is 86.1 Å². The Hall–Kier alpha value is -0.740. The molecule has 0 bridgehead atoms. The predicted molar refractivity (Wildman–Crippen MR) is 58.7 cm³/mol. The van der Waals surface area contributed by atoms with Crippen molar-refractivity contribution in [3.05, 3.63) is 22.7 Å². The molecule has 0 saturated heterocycles. The van der Waals surface area contributed by atoms with Crippen LogP contribution in [-0.4, -0.2) is 17.8 Å². The minimum atomic E-state index is 0.0171. The van der Waals surface area contributed by atoms with Gasteiger partial charge in [-0.25, -0.2) is 0 Å². The Morgan fingerprint density at radius 2 is 2.31 bits per heavy atom. The van der Waals surface area contributed by atoms with Crippen LogP contribution in [0.25, 0.3) is 0 Å². The molecule has 1 atom stereocenters. The number of rotatable bonds is 3. The Morgan fingerprint density at radius 3 is 2.85 bits per heavy atom. The van der Waals surface area contributed by atoms with E-state index in [0.29, 0.717) is 5.69 Å². The van der Waals surface area contributed by atoms with Gasteiger partial charge in [-0.15, -0.1) is 0 Å². The van der Waals surface area contributed by atoms with Crippen molar-refractivity contribution in [2.24, 2.45) is 0 Å². The van der Waals surface area contributed by atoms with E-state index in [4.69, 9.17) is 10.8 Å². The average Bonchev–Trinajstić information content (AvgIpc) is 2.09. The largest absolute Gasteiger partial charge is 0.397 e. The van der Waals surface area contributed by atoms with E-state index in [2.05, 4.69) is 21.2 Å². The summed E-state index contributed by atoms with van der Waals surface area (Å²) in [6.45, 7) is 1.98. The molecule has 4 heteroatoms. The van der Waals surface area contributed by atoms with Gasteiger partial charge >= 0.3 is 0 Å². The van der Waals surface area contributed by atoms with Crippen molar-refractivity contribution < 1.29 is 5.11 Å². The first kappa shape index (κ1) is 10.3. The fourth-order valence-corrected chi connectivity index (χ4v) is 1.35. The topological polar surface area (TPSA) is 58.3 Å². The van der Waals surface area contributed by atoms with Crippen LogP contribution >= 0.6 is 15.9 Å². The highest BCUT2D eigenvalue weighted by Crippen LogP contribution is 2.23. The number of nitrogens with one attached hydrogen (secondary N) is 1. The number of aliphatic hydroxyl groups excluding tert-OH is 1. The third-order valence-electron chi connectivity index (χ3n) is 1.69. The summed E-state index contributed by atoms with van der Waals surface area (Å²) < 4.78 is 0.951. The van der Waals surface area contributed by atoms with Crippen LogP contribution in [-0.2, 0) is 0 Å². The lowest BCUT2D eigenvalue weighted by Gasteiger charge is -2.14. The van der Waals surface area contributed by atoms with Crippen molar-refractivity contribution in [1.82, 2.24) is 0 Å². The minimum Gasteiger partial charge on any atom is -0.397 e. The van der Waals surface area contributed by atoms with E-state index in [-0.39, 0.29) is 12.6 Å². The highest BCUT2D eigenvalue weighted by atomic mass is 79.9. The summed E-state index contributed by atoms with van der Waals surface area (Å²) in [6.07, 6.45) is 0. The molecule has 0 radical (unpaired) electrons. The number of halogens is 1. The number of hydrogen-bond donors (Lipinski definition) is 3. The molecule has 0 aliphatic carbocycles. The zero-order chi connectivity index (χ0) is 9.84. The number of hydrogen-bond acceptors (Lipinski definition) is 3. The van der Waals surface area contributed by atoms with Crippen LogP contribution in [0.5, 0.6) is 0 Å². The summed E-state index contributed by atoms with van der Waals surface area (Å²) >= 11 is 3.32. The van der Waals surface area contributed by atoms with Crippen LogP contribution in [0.4, 0.5) is 11.4 Å². The van der Waals surface area contributed by atoms with Crippen LogP contribution in [0.15, 0.2) is 22.7 Å². The maximum Gasteiger partial charge on any atom is 0.0630 e. The first-order valence-corrected chi connectivity index (χ1v) is 4.85. The second-order valence-electron chi connectivity index (χ2n) is 2.96. The molecule has 0 saturated carbocycles. The number of aliphatic hydroxyl groups is 1. The maximum atomic E-state index is 8.83. The van der Waals surface area contributed by atoms with E-state index in [1.807, 2.05) is 25.1 Å². The van der Waals surface area contributed by atoms with Gasteiger partial charge in [-0.2, -0.15) is 0 Å². The quantitative estimate of drug-likeness (QED) is 0.712. The zero-order valence-corrected chi connectivity index (χ0v) is 9.01. The lowest BCUT2D eigenvalue weighted by atomic mass is 10.2. The molecule has 0 aromatic heterocycles. The predicted octanol–water partition coefficient (Wildman–Crippen LogP) is 1.82. The van der Waals surface area contributed by atoms with Gasteiger partial charge in [0.2, 0.25) is 0 Å². The van der Waals surface area contributed by atoms with Crippen molar-refractivity contribution in [1.29, 1.82) is 0 Å². The maximum absolute atomic E-state index is 8.83. The van der Waals surface area contributed by atoms with Gasteiger partial charge in [-0.1, -0.05) is 15.9 Å². The summed E-state index contributed by atoms with van der Waals surface area (Å²) in [5.74, 6) is 0. The van der Waals surface area contributed by atoms with Crippen molar-refractivity contribution in [2.45, 2.75) is 13.0 Å². The van der Waals surface area contributed by atoms with Crippen molar-refractivity contribution in [3.8, 4) is 0 Å². The minimum absolute atomic E-state index is 0.0171. The fraction of sp³-hybridized carbons (Fsp3) is 0.333. The summed E-state index contributed by atoms with van der Waals surface area (Å²) in [5.41, 5.74) is 7.28. The van der Waals surface area contributed by atoms with Gasteiger partial charge in [-0.3, -0.25) is 0 Å². The van der Waals surface area contributed by atoms with Crippen molar-refractivity contribution in [3.63, 3.8) is 0 Å². The van der Waals surface area contributed by atoms with Gasteiger partial charge in [-0.05, 0) is 25.1 Å². The summed E-state index contributed by atoms with van der Waals surface area (Å²) in [7, 11) is 0. The lowest BCUT2D eigenvalue weighted by Crippen LogP contribution is -2.19. The standard InChI is InChI=1S/C9H13BrN2O/c1-6(5-13)12-9-3-2-7(10)4-8(9)11/h2-4,6,12-13H,5,11H2,1H3. The van der Waals surface area contributed by atoms with Gasteiger partial charge in [0.25, 0.3) is 0 Å². The van der Waals surface area contributed by atoms with Crippen molar-refractivity contribution in [2.75, 3.05) is 17.7 Å². The number of anilines is 2. The van der Waals surface area contributed by atoms with Crippen molar-refractivity contribution >= 4 is 27.3 Å². The third-order valence-corrected chi connectivity index (χ3v) is 2.18. The molecule has 0 fully saturated rings. The first-order chi connectivity index (χ1) is 6.13. The number of nitrogens with two attached hydrogens (primary N) is 1. The molecule has 3 nitrogen and oxygen atoms in total. The molecular formula is C9H13BrN2O. The van der Waals surface area contributed by atoms with Gasteiger partial charge in [0.1, 0.15) is 0 Å². The number of benzene rings is 1. The monoisotopic (exact) mass is 244 g/mol. The summed E-state index contributed by atoms with van der Waals surface area (Å²) in [5, 5.41) is 11.9. The highest BCUT2D eigenvalue weighted by Gasteiger charge is 2.02. The summed E-state index contributed by atoms with van der Waals surface area (Å²) in [6, 6.07) is 5.63. The first-order valence-electron chi connectivity index (χ1n) is 4.06. The third kappa shape index (κ3) is 2.90. The van der Waals surface area contributed by atoms with E-state index in [1.54, 1.807) is 0 Å². The average molecular weight is 245 g/mol. The van der Waals surface area contributed by atoms with Crippen LogP contribution in [0, 0.1) is 0 Å². The Balaban J connectivity index is 2.77. The second-order valence-corrected chi connectivity index (χ2v) is 3.88. The molecule has 0 heterocycles. The summed E-state index contributed by atoms with van der Waals surface area (Å²) in [4.78, 5) is 0. The van der Waals surface area contributed by atoms with Gasteiger partial charge in [0, 0.05) is 10.5 Å². The normalized spacial score (nSPS) is 12.5. The molecule has 1 rings (SSSR count). The van der Waals surface area contributed by atoms with E-state index in [0.717, 1.165) is 10.2 Å². The van der Waals surface area contributed by atoms with Crippen LogP contribution < -0.4 is 11.1 Å². The lowest BCUT2D eigenvalue weighted by molar-refractivity contribution is 0.281. The van der Waals surface area contributed by atoms with Crippen LogP contribution in [0.2, 0.25) is 0 Å². The molecule has 72 valence electrons. The van der Waals surface area contributed by atoms with E-state index < -0.39 is 0 Å². The Morgan fingerprint density at radius 1 is 1.62 bits per heavy atom. The second kappa shape index (κ2) is 4.48. The smallest absolute Gasteiger partial charge is 0.0630 e. The van der Waals surface area contributed by atoms with Gasteiger partial charge in [0.15, 0.2) is 0 Å². The molecule has 1 unspecified atom stereocenters. The Bertz CT molecular complexity index is 291. The Kier molecular flexibility index (Phi) is 3.57. The number of nitrogen functional groups attached to an aromatic ring is 1. The fourth-order valence-electron chi connectivity index (χ4n) is 0.976. The van der Waals surface area contributed by atoms with Gasteiger partial charge < -0.3 is 16.2 Å². The van der Waals surface area contributed by atoms with E-state index >= 15 is 0 Å². The highest BCUT2D eigenvalue weighted by molar-refractivity contribution is 9.10. The molecule has 0 aliphatic rings. The molecule has 0 aliphatic heterocycles. The molecule has 1 aromatic rings. The molecule has 13 heavy (non-hydrogen) atoms. The SMILES string of the molecule is CC(CO)Nc1ccc(Br)cc1N. The molecule has 0 spiro atoms. The van der Waals surface area contributed by atoms with E-state index in [9.17, 15) is 0 Å². The molecule has 4 N–H and O–H groups in total. The molecular weight excluding hydrogens is 232 g/mol. The van der Waals surface area contributed by atoms with Crippen LogP contribution in [0.1, 0.15) is 6.92 Å². The molecule has 0 amide bonds. The van der Waals surface area contributed by atoms with E-state index in [1.165, 1.54) is 0 Å².